The first kappa shape index (κ1) is 20.0. The van der Waals surface area contributed by atoms with E-state index in [0.717, 1.165) is 16.1 Å². The number of carbonyl (C=O) groups is 2. The summed E-state index contributed by atoms with van der Waals surface area (Å²) >= 11 is 0. The zero-order chi connectivity index (χ0) is 21.1. The lowest BCUT2D eigenvalue weighted by Crippen LogP contribution is -2.33. The van der Waals surface area contributed by atoms with Crippen LogP contribution >= 0.6 is 0 Å². The van der Waals surface area contributed by atoms with Crippen molar-refractivity contribution in [3.05, 3.63) is 64.2 Å². The average Bonchev–Trinajstić information content (AvgIpc) is 3.01. The molecule has 0 saturated heterocycles. The number of hydrogen-bond donors (Lipinski definition) is 2. The fraction of sp³-hybridized carbons (Fsp3) is 0.250. The van der Waals surface area contributed by atoms with Crippen molar-refractivity contribution in [3.8, 4) is 5.82 Å². The Kier molecular flexibility index (Phi) is 5.58. The molecule has 2 heterocycles. The van der Waals surface area contributed by atoms with Crippen LogP contribution in [0.3, 0.4) is 0 Å². The highest BCUT2D eigenvalue weighted by molar-refractivity contribution is 5.94. The smallest absolute Gasteiger partial charge is 0.267 e. The van der Waals surface area contributed by atoms with Crippen molar-refractivity contribution in [1.82, 2.24) is 19.6 Å². The molecule has 0 aliphatic carbocycles. The second-order valence-corrected chi connectivity index (χ2v) is 6.74. The Labute approximate surface area is 167 Å². The molecule has 1 aromatic carbocycles. The number of nitrogens with one attached hydrogen (secondary N) is 2. The maximum Gasteiger partial charge on any atom is 0.267 e. The number of aromatic nitrogens is 4. The van der Waals surface area contributed by atoms with Gasteiger partial charge >= 0.3 is 0 Å². The molecule has 3 aromatic rings. The molecule has 9 nitrogen and oxygen atoms in total. The van der Waals surface area contributed by atoms with Gasteiger partial charge in [-0.3, -0.25) is 14.4 Å². The minimum atomic E-state index is -0.838. The van der Waals surface area contributed by atoms with Gasteiger partial charge in [-0.05, 0) is 57.2 Å². The molecule has 150 valence electrons. The molecule has 9 heteroatoms. The van der Waals surface area contributed by atoms with E-state index in [1.165, 1.54) is 13.0 Å². The van der Waals surface area contributed by atoms with Gasteiger partial charge in [0.15, 0.2) is 5.82 Å². The van der Waals surface area contributed by atoms with Crippen molar-refractivity contribution in [3.63, 3.8) is 0 Å². The summed E-state index contributed by atoms with van der Waals surface area (Å²) in [5, 5.41) is 14.1. The first-order chi connectivity index (χ1) is 13.7. The molecule has 0 aliphatic heterocycles. The molecule has 2 amide bonds. The normalized spacial score (nSPS) is 11.7. The van der Waals surface area contributed by atoms with Gasteiger partial charge in [0.1, 0.15) is 6.04 Å². The molecule has 1 atom stereocenters. The predicted molar refractivity (Wildman–Crippen MR) is 109 cm³/mol. The standard InChI is InChI=1S/C20H22N6O3/c1-12-11-13(2)25(23-12)18-9-10-19(28)26(24-18)14(3)20(29)22-17-7-5-16(6-8-17)21-15(4)27/h5-11,14H,1-4H3,(H,21,27)(H,22,29). The number of rotatable bonds is 5. The molecular weight excluding hydrogens is 372 g/mol. The van der Waals surface area contributed by atoms with Crippen LogP contribution in [0.15, 0.2) is 47.3 Å². The third-order valence-corrected chi connectivity index (χ3v) is 4.26. The van der Waals surface area contributed by atoms with Crippen LogP contribution in [-0.2, 0) is 9.59 Å². The highest BCUT2D eigenvalue weighted by atomic mass is 16.2. The molecule has 1 unspecified atom stereocenters. The second-order valence-electron chi connectivity index (χ2n) is 6.74. The lowest BCUT2D eigenvalue weighted by Gasteiger charge is -2.15. The zero-order valence-corrected chi connectivity index (χ0v) is 16.6. The van der Waals surface area contributed by atoms with Gasteiger partial charge in [-0.25, -0.2) is 9.36 Å². The summed E-state index contributed by atoms with van der Waals surface area (Å²) in [5.41, 5.74) is 2.48. The van der Waals surface area contributed by atoms with E-state index in [9.17, 15) is 14.4 Å². The molecule has 0 aliphatic rings. The lowest BCUT2D eigenvalue weighted by molar-refractivity contribution is -0.119. The van der Waals surface area contributed by atoms with Crippen LogP contribution < -0.4 is 16.2 Å². The van der Waals surface area contributed by atoms with Crippen molar-refractivity contribution in [2.75, 3.05) is 10.6 Å². The van der Waals surface area contributed by atoms with Gasteiger partial charge in [-0.1, -0.05) is 0 Å². The Morgan fingerprint density at radius 2 is 1.59 bits per heavy atom. The van der Waals surface area contributed by atoms with Crippen molar-refractivity contribution in [2.45, 2.75) is 33.7 Å². The molecule has 0 spiro atoms. The number of anilines is 2. The highest BCUT2D eigenvalue weighted by Crippen LogP contribution is 2.15. The predicted octanol–water partition coefficient (Wildman–Crippen LogP) is 2.20. The average molecular weight is 394 g/mol. The first-order valence-electron chi connectivity index (χ1n) is 9.06. The molecule has 0 fully saturated rings. The summed E-state index contributed by atoms with van der Waals surface area (Å²) in [4.78, 5) is 36.0. The number of hydrogen-bond acceptors (Lipinski definition) is 5. The van der Waals surface area contributed by atoms with E-state index in [1.54, 1.807) is 41.9 Å². The maximum absolute atomic E-state index is 12.6. The summed E-state index contributed by atoms with van der Waals surface area (Å²) in [6.45, 7) is 6.77. The summed E-state index contributed by atoms with van der Waals surface area (Å²) in [6.07, 6.45) is 0. The highest BCUT2D eigenvalue weighted by Gasteiger charge is 2.19. The molecular formula is C20H22N6O3. The molecule has 3 rings (SSSR count). The topological polar surface area (TPSA) is 111 Å². The van der Waals surface area contributed by atoms with E-state index in [-0.39, 0.29) is 11.5 Å². The Morgan fingerprint density at radius 1 is 0.966 bits per heavy atom. The lowest BCUT2D eigenvalue weighted by atomic mass is 10.2. The van der Waals surface area contributed by atoms with Crippen LogP contribution in [0, 0.1) is 13.8 Å². The van der Waals surface area contributed by atoms with Gasteiger partial charge in [-0.2, -0.15) is 5.10 Å². The van der Waals surface area contributed by atoms with Gasteiger partial charge < -0.3 is 10.6 Å². The Bertz CT molecular complexity index is 1110. The number of benzene rings is 1. The van der Waals surface area contributed by atoms with Crippen molar-refractivity contribution >= 4 is 23.2 Å². The molecule has 29 heavy (non-hydrogen) atoms. The third kappa shape index (κ3) is 4.57. The van der Waals surface area contributed by atoms with Crippen LogP contribution in [0.25, 0.3) is 5.82 Å². The van der Waals surface area contributed by atoms with E-state index >= 15 is 0 Å². The van der Waals surface area contributed by atoms with Crippen LogP contribution in [0.4, 0.5) is 11.4 Å². The number of nitrogens with zero attached hydrogens (tertiary/aromatic N) is 4. The Hall–Kier alpha value is -3.75. The van der Waals surface area contributed by atoms with E-state index in [2.05, 4.69) is 20.8 Å². The second kappa shape index (κ2) is 8.09. The van der Waals surface area contributed by atoms with E-state index in [4.69, 9.17) is 0 Å². The van der Waals surface area contributed by atoms with Gasteiger partial charge in [0.05, 0.1) is 5.69 Å². The quantitative estimate of drug-likeness (QED) is 0.689. The van der Waals surface area contributed by atoms with Gasteiger partial charge in [-0.15, -0.1) is 5.10 Å². The summed E-state index contributed by atoms with van der Waals surface area (Å²) in [5.74, 6) is -0.116. The van der Waals surface area contributed by atoms with Crippen molar-refractivity contribution < 1.29 is 9.59 Å². The minimum absolute atomic E-state index is 0.177. The molecule has 0 saturated carbocycles. The molecule has 2 aromatic heterocycles. The summed E-state index contributed by atoms with van der Waals surface area (Å²) in [6, 6.07) is 10.7. The third-order valence-electron chi connectivity index (χ3n) is 4.26. The molecule has 0 radical (unpaired) electrons. The Morgan fingerprint density at radius 3 is 2.14 bits per heavy atom. The van der Waals surface area contributed by atoms with Gasteiger partial charge in [0, 0.05) is 30.1 Å². The SMILES string of the molecule is CC(=O)Nc1ccc(NC(=O)C(C)n2nc(-n3nc(C)cc3C)ccc2=O)cc1. The number of carbonyl (C=O) groups excluding carboxylic acids is 2. The van der Waals surface area contributed by atoms with E-state index < -0.39 is 11.9 Å². The fourth-order valence-corrected chi connectivity index (χ4v) is 2.86. The van der Waals surface area contributed by atoms with Crippen LogP contribution in [0.2, 0.25) is 0 Å². The molecule has 2 N–H and O–H groups in total. The fourth-order valence-electron chi connectivity index (χ4n) is 2.86. The van der Waals surface area contributed by atoms with Gasteiger partial charge in [0.2, 0.25) is 11.8 Å². The zero-order valence-electron chi connectivity index (χ0n) is 16.6. The number of amides is 2. The number of aryl methyl sites for hydroxylation is 2. The van der Waals surface area contributed by atoms with Gasteiger partial charge in [0.25, 0.3) is 5.56 Å². The van der Waals surface area contributed by atoms with E-state index in [0.29, 0.717) is 17.2 Å². The first-order valence-corrected chi connectivity index (χ1v) is 9.06. The van der Waals surface area contributed by atoms with Crippen molar-refractivity contribution in [1.29, 1.82) is 0 Å². The van der Waals surface area contributed by atoms with Crippen molar-refractivity contribution in [2.24, 2.45) is 0 Å². The Balaban J connectivity index is 1.80. The largest absolute Gasteiger partial charge is 0.326 e. The van der Waals surface area contributed by atoms with Crippen LogP contribution in [-0.4, -0.2) is 31.4 Å². The van der Waals surface area contributed by atoms with E-state index in [1.807, 2.05) is 19.9 Å². The van der Waals surface area contributed by atoms with Crippen LogP contribution in [0.5, 0.6) is 0 Å². The maximum atomic E-state index is 12.6. The minimum Gasteiger partial charge on any atom is -0.326 e. The summed E-state index contributed by atoms with van der Waals surface area (Å²) < 4.78 is 2.75. The summed E-state index contributed by atoms with van der Waals surface area (Å²) in [7, 11) is 0. The molecule has 0 bridgehead atoms. The van der Waals surface area contributed by atoms with Crippen LogP contribution in [0.1, 0.15) is 31.3 Å². The monoisotopic (exact) mass is 394 g/mol.